The summed E-state index contributed by atoms with van der Waals surface area (Å²) in [6, 6.07) is 1.70. The molecule has 6 nitrogen and oxygen atoms in total. The van der Waals surface area contributed by atoms with Crippen LogP contribution in [0.5, 0.6) is 0 Å². The molecule has 3 rings (SSSR count). The van der Waals surface area contributed by atoms with Gasteiger partial charge in [0.15, 0.2) is 0 Å². The maximum atomic E-state index is 12.0. The van der Waals surface area contributed by atoms with E-state index >= 15 is 0 Å². The number of hydrogen-bond donors (Lipinski definition) is 1. The van der Waals surface area contributed by atoms with Crippen molar-refractivity contribution >= 4 is 29.7 Å². The third kappa shape index (κ3) is 2.25. The summed E-state index contributed by atoms with van der Waals surface area (Å²) in [5.41, 5.74) is 0.983. The fourth-order valence-corrected chi connectivity index (χ4v) is 3.32. The van der Waals surface area contributed by atoms with Crippen LogP contribution in [0, 0.1) is 0 Å². The topological polar surface area (TPSA) is 93.8 Å². The van der Waals surface area contributed by atoms with Gasteiger partial charge in [0.1, 0.15) is 5.37 Å². The first-order chi connectivity index (χ1) is 9.13. The fourth-order valence-electron chi connectivity index (χ4n) is 2.08. The number of hydrogen-bond acceptors (Lipinski definition) is 6. The first-order valence-corrected chi connectivity index (χ1v) is 6.31. The van der Waals surface area contributed by atoms with E-state index in [1.807, 2.05) is 0 Å². The van der Waals surface area contributed by atoms with E-state index in [9.17, 15) is 14.7 Å². The zero-order chi connectivity index (χ0) is 13.6. The molecule has 1 N–H and O–H groups in total. The molecule has 0 aliphatic carbocycles. The molecule has 1 amide bonds. The van der Waals surface area contributed by atoms with Gasteiger partial charge < -0.3 is 19.4 Å². The van der Waals surface area contributed by atoms with E-state index < -0.39 is 18.0 Å². The molecule has 2 aliphatic rings. The van der Waals surface area contributed by atoms with Crippen LogP contribution in [0.15, 0.2) is 39.2 Å². The second-order valence-electron chi connectivity index (χ2n) is 4.02. The Labute approximate surface area is 140 Å². The molecule has 1 fully saturated rings. The number of β-lactam (4-membered cyclic amide) rings is 1. The number of carboxylic acid groups (broad SMARTS) is 1. The molecule has 0 bridgehead atoms. The van der Waals surface area contributed by atoms with E-state index in [0.717, 1.165) is 22.2 Å². The van der Waals surface area contributed by atoms with Crippen LogP contribution < -0.4 is 34.7 Å². The number of carbonyl (C=O) groups excluding carboxylic acids is 2. The molecular formula is C12H8NNaO5S. The number of rotatable bonds is 3. The van der Waals surface area contributed by atoms with Crippen LogP contribution in [-0.4, -0.2) is 33.9 Å². The van der Waals surface area contributed by atoms with Gasteiger partial charge in [-0.2, -0.15) is 0 Å². The average Bonchev–Trinajstić information content (AvgIpc) is 3.00. The largest absolute Gasteiger partial charge is 1.00 e. The summed E-state index contributed by atoms with van der Waals surface area (Å²) >= 11 is 1.15. The third-order valence-electron chi connectivity index (χ3n) is 2.93. The molecule has 0 saturated carbocycles. The number of fused-ring (bicyclic) bond motifs is 1. The molecule has 1 aromatic heterocycles. The summed E-state index contributed by atoms with van der Waals surface area (Å²) in [5, 5.41) is 19.7. The van der Waals surface area contributed by atoms with Crippen molar-refractivity contribution in [3.8, 4) is 0 Å². The van der Waals surface area contributed by atoms with Gasteiger partial charge in [0.25, 0.3) is 5.91 Å². The number of amides is 1. The van der Waals surface area contributed by atoms with Gasteiger partial charge in [-0.3, -0.25) is 9.69 Å². The second-order valence-corrected chi connectivity index (χ2v) is 5.19. The normalized spacial score (nSPS) is 22.6. The van der Waals surface area contributed by atoms with E-state index in [1.165, 1.54) is 12.5 Å². The Morgan fingerprint density at radius 1 is 1.60 bits per heavy atom. The Balaban J connectivity index is 0.00000147. The summed E-state index contributed by atoms with van der Waals surface area (Å²) in [6.45, 7) is -0.423. The van der Waals surface area contributed by atoms with Gasteiger partial charge >= 0.3 is 29.6 Å². The molecule has 1 atom stereocenters. The molecule has 0 radical (unpaired) electrons. The quantitative estimate of drug-likeness (QED) is 0.354. The van der Waals surface area contributed by atoms with Crippen molar-refractivity contribution < 1.29 is 53.8 Å². The van der Waals surface area contributed by atoms with Gasteiger partial charge in [0.05, 0.1) is 36.4 Å². The number of carboxylic acids is 1. The molecule has 2 aliphatic heterocycles. The number of carbonyl (C=O) groups is 2. The molecular weight excluding hydrogens is 293 g/mol. The zero-order valence-corrected chi connectivity index (χ0v) is 13.3. The van der Waals surface area contributed by atoms with E-state index in [-0.39, 0.29) is 46.1 Å². The van der Waals surface area contributed by atoms with Crippen LogP contribution in [0.25, 0.3) is 6.08 Å². The van der Waals surface area contributed by atoms with Crippen LogP contribution in [0.4, 0.5) is 0 Å². The van der Waals surface area contributed by atoms with Crippen molar-refractivity contribution in [2.24, 2.45) is 0 Å². The Kier molecular flexibility index (Phi) is 4.46. The minimum Gasteiger partial charge on any atom is -0.543 e. The summed E-state index contributed by atoms with van der Waals surface area (Å²) in [6.07, 6.45) is 4.62. The summed E-state index contributed by atoms with van der Waals surface area (Å²) in [5.74, 6) is -1.84. The van der Waals surface area contributed by atoms with Gasteiger partial charge in [-0.05, 0) is 12.1 Å². The van der Waals surface area contributed by atoms with Crippen LogP contribution in [0.2, 0.25) is 0 Å². The standard InChI is InChI=1S/C12H9NO5S.Na/c14-4-8-9(12(16)17)13-10(15)7(11(13)19-8)3-6-1-2-18-5-6;/h1-3,5,11,14H,4H2,(H,16,17);/q;+1/p-1/b7-3-;/t11-;/m1./s1. The molecule has 1 aromatic rings. The minimum atomic E-state index is -1.45. The van der Waals surface area contributed by atoms with Gasteiger partial charge in [-0.25, -0.2) is 0 Å². The first kappa shape index (κ1) is 15.4. The van der Waals surface area contributed by atoms with Crippen molar-refractivity contribution in [3.63, 3.8) is 0 Å². The van der Waals surface area contributed by atoms with Crippen LogP contribution in [0.3, 0.4) is 0 Å². The summed E-state index contributed by atoms with van der Waals surface area (Å²) < 4.78 is 4.90. The van der Waals surface area contributed by atoms with Gasteiger partial charge in [0, 0.05) is 10.5 Å². The molecule has 8 heteroatoms. The molecule has 3 heterocycles. The van der Waals surface area contributed by atoms with Gasteiger partial charge in [0.2, 0.25) is 0 Å². The molecule has 0 spiro atoms. The van der Waals surface area contributed by atoms with Gasteiger partial charge in [-0.15, -0.1) is 0 Å². The second kappa shape index (κ2) is 5.79. The van der Waals surface area contributed by atoms with Crippen molar-refractivity contribution in [1.29, 1.82) is 0 Å². The predicted molar refractivity (Wildman–Crippen MR) is 64.0 cm³/mol. The Bertz CT molecular complexity index is 622. The van der Waals surface area contributed by atoms with E-state index in [2.05, 4.69) is 0 Å². The van der Waals surface area contributed by atoms with E-state index in [4.69, 9.17) is 9.52 Å². The predicted octanol–water partition coefficient (Wildman–Crippen LogP) is -3.46. The maximum Gasteiger partial charge on any atom is 1.00 e. The van der Waals surface area contributed by atoms with Crippen molar-refractivity contribution in [1.82, 2.24) is 4.90 Å². The number of furan rings is 1. The monoisotopic (exact) mass is 301 g/mol. The van der Waals surface area contributed by atoms with Crippen LogP contribution in [-0.2, 0) is 9.59 Å². The number of aliphatic hydroxyl groups is 1. The third-order valence-corrected chi connectivity index (χ3v) is 4.22. The van der Waals surface area contributed by atoms with E-state index in [0.29, 0.717) is 5.57 Å². The maximum absolute atomic E-state index is 12.0. The smallest absolute Gasteiger partial charge is 0.543 e. The summed E-state index contributed by atoms with van der Waals surface area (Å²) in [4.78, 5) is 24.3. The first-order valence-electron chi connectivity index (χ1n) is 5.43. The zero-order valence-electron chi connectivity index (χ0n) is 10.5. The van der Waals surface area contributed by atoms with Crippen molar-refractivity contribution in [2.45, 2.75) is 5.37 Å². The van der Waals surface area contributed by atoms with Gasteiger partial charge in [-0.1, -0.05) is 11.8 Å². The number of aliphatic carboxylic acids is 1. The van der Waals surface area contributed by atoms with Crippen LogP contribution >= 0.6 is 11.8 Å². The number of nitrogens with zero attached hydrogens (tertiary/aromatic N) is 1. The van der Waals surface area contributed by atoms with Crippen LogP contribution in [0.1, 0.15) is 5.56 Å². The summed E-state index contributed by atoms with van der Waals surface area (Å²) in [7, 11) is 0. The fraction of sp³-hybridized carbons (Fsp3) is 0.167. The average molecular weight is 301 g/mol. The Morgan fingerprint density at radius 2 is 2.35 bits per heavy atom. The Hall–Kier alpha value is -0.990. The van der Waals surface area contributed by atoms with E-state index in [1.54, 1.807) is 12.1 Å². The SMILES string of the molecule is O=C([O-])C1=C(CO)S[C@@H]2/C(=C\c3ccoc3)C(=O)N12.[Na+]. The number of aliphatic hydroxyl groups excluding tert-OH is 1. The molecule has 0 unspecified atom stereocenters. The van der Waals surface area contributed by atoms with Crippen molar-refractivity contribution in [3.05, 3.63) is 40.3 Å². The number of thioether (sulfide) groups is 1. The molecule has 98 valence electrons. The molecule has 0 aromatic carbocycles. The Morgan fingerprint density at radius 3 is 2.90 bits per heavy atom. The molecule has 20 heavy (non-hydrogen) atoms. The minimum absolute atomic E-state index is 0. The van der Waals surface area contributed by atoms with Crippen molar-refractivity contribution in [2.75, 3.05) is 6.61 Å². The molecule has 1 saturated heterocycles.